The predicted octanol–water partition coefficient (Wildman–Crippen LogP) is 4.77. The summed E-state index contributed by atoms with van der Waals surface area (Å²) in [5, 5.41) is 4.36. The van der Waals surface area contributed by atoms with E-state index in [4.69, 9.17) is 32.4 Å². The van der Waals surface area contributed by atoms with Gasteiger partial charge in [-0.2, -0.15) is 0 Å². The average Bonchev–Trinajstić information content (AvgIpc) is 3.29. The quantitative estimate of drug-likeness (QED) is 0.510. The summed E-state index contributed by atoms with van der Waals surface area (Å²) < 4.78 is 11.3. The number of ether oxygens (including phenoxy) is 1. The van der Waals surface area contributed by atoms with Crippen molar-refractivity contribution in [1.82, 2.24) is 15.2 Å². The molecule has 1 saturated heterocycles. The van der Waals surface area contributed by atoms with E-state index in [1.165, 1.54) is 0 Å². The summed E-state index contributed by atoms with van der Waals surface area (Å²) >= 11 is 12.3. The Kier molecular flexibility index (Phi) is 7.81. The third-order valence-corrected chi connectivity index (χ3v) is 6.07. The molecule has 2 aromatic carbocycles. The van der Waals surface area contributed by atoms with Gasteiger partial charge in [0.15, 0.2) is 11.7 Å². The molecule has 3 aromatic rings. The number of hydrogen-bond donors (Lipinski definition) is 1. The third kappa shape index (κ3) is 5.90. The number of rotatable bonds is 8. The molecular formula is C24H25Cl2N3O3. The van der Waals surface area contributed by atoms with Crippen LogP contribution in [-0.4, -0.2) is 48.6 Å². The van der Waals surface area contributed by atoms with Gasteiger partial charge >= 0.3 is 0 Å². The van der Waals surface area contributed by atoms with Crippen LogP contribution in [0.2, 0.25) is 10.0 Å². The molecule has 32 heavy (non-hydrogen) atoms. The first-order valence-corrected chi connectivity index (χ1v) is 11.4. The van der Waals surface area contributed by atoms with Crippen molar-refractivity contribution in [2.45, 2.75) is 18.9 Å². The van der Waals surface area contributed by atoms with Crippen LogP contribution in [0.4, 0.5) is 0 Å². The number of morpholine rings is 1. The smallest absolute Gasteiger partial charge is 0.220 e. The van der Waals surface area contributed by atoms with Gasteiger partial charge in [0, 0.05) is 43.1 Å². The summed E-state index contributed by atoms with van der Waals surface area (Å²) in [6, 6.07) is 15.3. The highest BCUT2D eigenvalue weighted by atomic mass is 35.5. The predicted molar refractivity (Wildman–Crippen MR) is 125 cm³/mol. The zero-order chi connectivity index (χ0) is 22.3. The number of nitrogens with zero attached hydrogens (tertiary/aromatic N) is 2. The highest BCUT2D eigenvalue weighted by molar-refractivity contribution is 6.33. The second-order valence-corrected chi connectivity index (χ2v) is 8.46. The van der Waals surface area contributed by atoms with Crippen molar-refractivity contribution >= 4 is 29.1 Å². The number of oxazole rings is 1. The number of nitrogens with one attached hydrogen (secondary N) is 1. The highest BCUT2D eigenvalue weighted by Gasteiger charge is 2.23. The van der Waals surface area contributed by atoms with Crippen LogP contribution in [0.25, 0.3) is 11.3 Å². The first kappa shape index (κ1) is 22.8. The van der Waals surface area contributed by atoms with E-state index < -0.39 is 0 Å². The molecule has 1 aliphatic rings. The Labute approximate surface area is 197 Å². The lowest BCUT2D eigenvalue weighted by Gasteiger charge is -2.35. The zero-order valence-electron chi connectivity index (χ0n) is 17.6. The molecule has 0 saturated carbocycles. The maximum absolute atomic E-state index is 12.6. The van der Waals surface area contributed by atoms with Gasteiger partial charge < -0.3 is 14.5 Å². The molecule has 1 unspecified atom stereocenters. The van der Waals surface area contributed by atoms with E-state index in [1.807, 2.05) is 42.5 Å². The fourth-order valence-corrected chi connectivity index (χ4v) is 4.12. The van der Waals surface area contributed by atoms with Gasteiger partial charge in [0.05, 0.1) is 30.5 Å². The van der Waals surface area contributed by atoms with Crippen LogP contribution in [0.3, 0.4) is 0 Å². The van der Waals surface area contributed by atoms with Crippen molar-refractivity contribution in [3.8, 4) is 11.3 Å². The first-order chi connectivity index (χ1) is 15.6. The Balaban J connectivity index is 1.33. The number of halogens is 2. The standard InChI is InChI=1S/C24H25Cl2N3O3/c25-18-7-5-17(6-8-18)21(29-11-13-31-14-12-29)15-27-23(30)9-10-24-28-16-22(32-24)19-3-1-2-4-20(19)26/h1-8,16,21H,9-15H2,(H,27,30). The second kappa shape index (κ2) is 11.0. The van der Waals surface area contributed by atoms with Gasteiger partial charge in [-0.25, -0.2) is 4.98 Å². The molecule has 0 aliphatic carbocycles. The fraction of sp³-hybridized carbons (Fsp3) is 0.333. The third-order valence-electron chi connectivity index (χ3n) is 5.49. The van der Waals surface area contributed by atoms with Crippen LogP contribution in [0.15, 0.2) is 59.1 Å². The summed E-state index contributed by atoms with van der Waals surface area (Å²) in [7, 11) is 0. The Morgan fingerprint density at radius 1 is 1.09 bits per heavy atom. The summed E-state index contributed by atoms with van der Waals surface area (Å²) in [5.74, 6) is 1.06. The molecule has 1 fully saturated rings. The molecule has 0 bridgehead atoms. The van der Waals surface area contributed by atoms with E-state index in [-0.39, 0.29) is 11.9 Å². The van der Waals surface area contributed by atoms with Gasteiger partial charge in [-0.15, -0.1) is 0 Å². The molecule has 6 nitrogen and oxygen atoms in total. The minimum Gasteiger partial charge on any atom is -0.441 e. The van der Waals surface area contributed by atoms with Gasteiger partial charge in [0.2, 0.25) is 5.91 Å². The fourth-order valence-electron chi connectivity index (χ4n) is 3.76. The largest absolute Gasteiger partial charge is 0.441 e. The monoisotopic (exact) mass is 473 g/mol. The maximum Gasteiger partial charge on any atom is 0.220 e. The molecule has 0 spiro atoms. The van der Waals surface area contributed by atoms with Crippen LogP contribution in [-0.2, 0) is 16.0 Å². The molecule has 0 radical (unpaired) electrons. The minimum absolute atomic E-state index is 0.0466. The van der Waals surface area contributed by atoms with E-state index in [0.717, 1.165) is 24.2 Å². The summed E-state index contributed by atoms with van der Waals surface area (Å²) in [6.07, 6.45) is 2.35. The molecule has 1 aromatic heterocycles. The van der Waals surface area contributed by atoms with Gasteiger partial charge in [0.1, 0.15) is 0 Å². The average molecular weight is 474 g/mol. The topological polar surface area (TPSA) is 67.6 Å². The van der Waals surface area contributed by atoms with Crippen LogP contribution < -0.4 is 5.32 Å². The number of amides is 1. The van der Waals surface area contributed by atoms with Crippen molar-refractivity contribution in [1.29, 1.82) is 0 Å². The molecule has 4 rings (SSSR count). The lowest BCUT2D eigenvalue weighted by Crippen LogP contribution is -2.43. The molecule has 1 atom stereocenters. The van der Waals surface area contributed by atoms with E-state index in [1.54, 1.807) is 12.3 Å². The first-order valence-electron chi connectivity index (χ1n) is 10.6. The zero-order valence-corrected chi connectivity index (χ0v) is 19.1. The van der Waals surface area contributed by atoms with E-state index >= 15 is 0 Å². The van der Waals surface area contributed by atoms with Gasteiger partial charge in [0.25, 0.3) is 0 Å². The Morgan fingerprint density at radius 2 is 1.84 bits per heavy atom. The van der Waals surface area contributed by atoms with Crippen molar-refractivity contribution in [2.24, 2.45) is 0 Å². The highest BCUT2D eigenvalue weighted by Crippen LogP contribution is 2.28. The van der Waals surface area contributed by atoms with Crippen LogP contribution in [0, 0.1) is 0 Å². The SMILES string of the molecule is O=C(CCc1ncc(-c2ccccc2Cl)o1)NCC(c1ccc(Cl)cc1)N1CCOCC1. The van der Waals surface area contributed by atoms with Gasteiger partial charge in [-0.3, -0.25) is 9.69 Å². The normalized spacial score (nSPS) is 15.4. The second-order valence-electron chi connectivity index (χ2n) is 7.62. The molecule has 1 N–H and O–H groups in total. The molecule has 1 aliphatic heterocycles. The van der Waals surface area contributed by atoms with E-state index in [0.29, 0.717) is 54.3 Å². The number of carbonyl (C=O) groups excluding carboxylic acids is 1. The summed E-state index contributed by atoms with van der Waals surface area (Å²) in [6.45, 7) is 3.54. The lowest BCUT2D eigenvalue weighted by molar-refractivity contribution is -0.121. The molecular weight excluding hydrogens is 449 g/mol. The van der Waals surface area contributed by atoms with E-state index in [9.17, 15) is 4.79 Å². The van der Waals surface area contributed by atoms with Crippen LogP contribution >= 0.6 is 23.2 Å². The summed E-state index contributed by atoms with van der Waals surface area (Å²) in [4.78, 5) is 19.2. The molecule has 1 amide bonds. The molecule has 168 valence electrons. The number of carbonyl (C=O) groups is 1. The Morgan fingerprint density at radius 3 is 2.59 bits per heavy atom. The minimum atomic E-state index is -0.0466. The van der Waals surface area contributed by atoms with Crippen molar-refractivity contribution in [3.05, 3.63) is 76.2 Å². The maximum atomic E-state index is 12.6. The van der Waals surface area contributed by atoms with Gasteiger partial charge in [-0.1, -0.05) is 47.5 Å². The van der Waals surface area contributed by atoms with Crippen LogP contribution in [0.5, 0.6) is 0 Å². The lowest BCUT2D eigenvalue weighted by atomic mass is 10.0. The Bertz CT molecular complexity index is 1030. The molecule has 8 heteroatoms. The Hall–Kier alpha value is -2.38. The number of hydrogen-bond acceptors (Lipinski definition) is 5. The van der Waals surface area contributed by atoms with E-state index in [2.05, 4.69) is 15.2 Å². The van der Waals surface area contributed by atoms with Crippen molar-refractivity contribution < 1.29 is 13.9 Å². The van der Waals surface area contributed by atoms with Gasteiger partial charge in [-0.05, 0) is 29.8 Å². The van der Waals surface area contributed by atoms with Crippen LogP contribution in [0.1, 0.15) is 23.9 Å². The number of aromatic nitrogens is 1. The summed E-state index contributed by atoms with van der Waals surface area (Å²) in [5.41, 5.74) is 1.90. The van der Waals surface area contributed by atoms with Crippen molar-refractivity contribution in [3.63, 3.8) is 0 Å². The number of benzene rings is 2. The molecule has 2 heterocycles. The number of aryl methyl sites for hydroxylation is 1. The van der Waals surface area contributed by atoms with Crippen molar-refractivity contribution in [2.75, 3.05) is 32.8 Å².